The Bertz CT molecular complexity index is 68.7. The largest absolute Gasteiger partial charge is 0.283 e. The van der Waals surface area contributed by atoms with Crippen LogP contribution in [0.25, 0.3) is 0 Å². The van der Waals surface area contributed by atoms with Crippen LogP contribution in [0.3, 0.4) is 0 Å². The van der Waals surface area contributed by atoms with Gasteiger partial charge in [0.1, 0.15) is 0 Å². The molecule has 9 heavy (non-hydrogen) atoms. The molecule has 3 nitrogen and oxygen atoms in total. The Morgan fingerprint density at radius 3 is 3.11 bits per heavy atom. The van der Waals surface area contributed by atoms with Crippen LogP contribution in [-0.2, 0) is 9.78 Å². The fourth-order valence-corrected chi connectivity index (χ4v) is 0.761. The molecular weight excluding hydrogens is 118 g/mol. The van der Waals surface area contributed by atoms with E-state index in [1.807, 2.05) is 6.92 Å². The van der Waals surface area contributed by atoms with Gasteiger partial charge in [-0.2, -0.15) is 0 Å². The zero-order chi connectivity index (χ0) is 6.53. The third kappa shape index (κ3) is 2.30. The Morgan fingerprint density at radius 2 is 2.56 bits per heavy atom. The first-order chi connectivity index (χ1) is 4.43. The van der Waals surface area contributed by atoms with Crippen molar-refractivity contribution >= 4 is 0 Å². The molecule has 1 saturated heterocycles. The van der Waals surface area contributed by atoms with Crippen LogP contribution in [-0.4, -0.2) is 13.2 Å². The first-order valence-electron chi connectivity index (χ1n) is 3.32. The molecule has 1 aliphatic heterocycles. The molecule has 1 N–H and O–H groups in total. The standard InChI is InChI=1S/C6H12NO2/c1-2-7-6-4-3-5-8-9-6/h7H,2-5H2,1H3. The van der Waals surface area contributed by atoms with Gasteiger partial charge in [0.2, 0.25) is 0 Å². The van der Waals surface area contributed by atoms with Crippen LogP contribution in [0.1, 0.15) is 19.8 Å². The van der Waals surface area contributed by atoms with Crippen molar-refractivity contribution in [3.8, 4) is 0 Å². The molecule has 3 heteroatoms. The van der Waals surface area contributed by atoms with Crippen molar-refractivity contribution in [2.24, 2.45) is 0 Å². The summed E-state index contributed by atoms with van der Waals surface area (Å²) >= 11 is 0. The van der Waals surface area contributed by atoms with E-state index in [4.69, 9.17) is 9.78 Å². The van der Waals surface area contributed by atoms with Gasteiger partial charge in [0.15, 0.2) is 6.23 Å². The van der Waals surface area contributed by atoms with Gasteiger partial charge in [-0.3, -0.25) is 5.32 Å². The van der Waals surface area contributed by atoms with Gasteiger partial charge in [-0.15, -0.1) is 0 Å². The molecule has 0 aromatic carbocycles. The molecular formula is C6H12NO2. The molecule has 0 unspecified atom stereocenters. The van der Waals surface area contributed by atoms with Crippen LogP contribution in [0.15, 0.2) is 0 Å². The van der Waals surface area contributed by atoms with E-state index in [2.05, 4.69) is 5.32 Å². The Balaban J connectivity index is 2.08. The van der Waals surface area contributed by atoms with Gasteiger partial charge in [0.05, 0.1) is 6.61 Å². The summed E-state index contributed by atoms with van der Waals surface area (Å²) in [6, 6.07) is 0. The van der Waals surface area contributed by atoms with E-state index < -0.39 is 0 Å². The van der Waals surface area contributed by atoms with Crippen molar-refractivity contribution in [3.63, 3.8) is 0 Å². The smallest absolute Gasteiger partial charge is 0.200 e. The van der Waals surface area contributed by atoms with E-state index in [0.717, 1.165) is 32.2 Å². The second kappa shape index (κ2) is 3.82. The average Bonchev–Trinajstić information content (AvgIpc) is 1.91. The lowest BCUT2D eigenvalue weighted by Gasteiger charge is -2.19. The Morgan fingerprint density at radius 1 is 1.67 bits per heavy atom. The molecule has 0 aromatic heterocycles. The maximum Gasteiger partial charge on any atom is 0.200 e. The quantitative estimate of drug-likeness (QED) is 0.561. The maximum atomic E-state index is 4.82. The van der Waals surface area contributed by atoms with Crippen LogP contribution in [0.5, 0.6) is 0 Å². The van der Waals surface area contributed by atoms with Gasteiger partial charge in [0.25, 0.3) is 0 Å². The number of nitrogens with one attached hydrogen (secondary N) is 1. The summed E-state index contributed by atoms with van der Waals surface area (Å²) in [7, 11) is 0. The summed E-state index contributed by atoms with van der Waals surface area (Å²) < 4.78 is 0. The molecule has 0 aliphatic carbocycles. The van der Waals surface area contributed by atoms with E-state index in [1.165, 1.54) is 0 Å². The summed E-state index contributed by atoms with van der Waals surface area (Å²) in [5.74, 6) is 0. The molecule has 0 amide bonds. The Kier molecular flexibility index (Phi) is 2.97. The van der Waals surface area contributed by atoms with E-state index in [0.29, 0.717) is 0 Å². The normalized spacial score (nSPS) is 22.3. The van der Waals surface area contributed by atoms with Crippen molar-refractivity contribution < 1.29 is 9.78 Å². The predicted octanol–water partition coefficient (Wildman–Crippen LogP) is 0.827. The van der Waals surface area contributed by atoms with Crippen LogP contribution in [0, 0.1) is 6.23 Å². The van der Waals surface area contributed by atoms with Crippen molar-refractivity contribution in [1.29, 1.82) is 0 Å². The van der Waals surface area contributed by atoms with E-state index in [-0.39, 0.29) is 0 Å². The first-order valence-corrected chi connectivity index (χ1v) is 3.32. The zero-order valence-corrected chi connectivity index (χ0v) is 5.64. The van der Waals surface area contributed by atoms with Crippen molar-refractivity contribution in [2.75, 3.05) is 13.2 Å². The minimum atomic E-state index is 0.717. The van der Waals surface area contributed by atoms with Gasteiger partial charge in [0, 0.05) is 0 Å². The highest BCUT2D eigenvalue weighted by Gasteiger charge is 2.14. The van der Waals surface area contributed by atoms with Crippen LogP contribution < -0.4 is 5.32 Å². The van der Waals surface area contributed by atoms with E-state index in [9.17, 15) is 0 Å². The maximum absolute atomic E-state index is 4.82. The molecule has 53 valence electrons. The molecule has 1 heterocycles. The molecule has 0 spiro atoms. The minimum Gasteiger partial charge on any atom is -0.283 e. The first kappa shape index (κ1) is 6.99. The summed E-state index contributed by atoms with van der Waals surface area (Å²) in [6.45, 7) is 3.65. The topological polar surface area (TPSA) is 30.5 Å². The molecule has 1 fully saturated rings. The lowest BCUT2D eigenvalue weighted by atomic mass is 10.3. The summed E-state index contributed by atoms with van der Waals surface area (Å²) in [4.78, 5) is 9.56. The summed E-state index contributed by atoms with van der Waals surface area (Å²) in [5.41, 5.74) is 0. The minimum absolute atomic E-state index is 0.717. The number of rotatable bonds is 2. The predicted molar refractivity (Wildman–Crippen MR) is 33.2 cm³/mol. The van der Waals surface area contributed by atoms with Crippen LogP contribution in [0.2, 0.25) is 0 Å². The third-order valence-electron chi connectivity index (χ3n) is 1.16. The van der Waals surface area contributed by atoms with Gasteiger partial charge in [-0.05, 0) is 19.4 Å². The van der Waals surface area contributed by atoms with Gasteiger partial charge < -0.3 is 0 Å². The monoisotopic (exact) mass is 130 g/mol. The second-order valence-electron chi connectivity index (χ2n) is 1.96. The third-order valence-corrected chi connectivity index (χ3v) is 1.16. The lowest BCUT2D eigenvalue weighted by Crippen LogP contribution is -2.27. The number of hydrogen-bond donors (Lipinski definition) is 1. The molecule has 1 aliphatic rings. The molecule has 0 aromatic rings. The highest BCUT2D eigenvalue weighted by atomic mass is 17.2. The van der Waals surface area contributed by atoms with Crippen LogP contribution in [0.4, 0.5) is 0 Å². The zero-order valence-electron chi connectivity index (χ0n) is 5.64. The molecule has 1 radical (unpaired) electrons. The molecule has 0 bridgehead atoms. The van der Waals surface area contributed by atoms with Crippen molar-refractivity contribution in [2.45, 2.75) is 19.8 Å². The summed E-state index contributed by atoms with van der Waals surface area (Å²) in [5, 5.41) is 3.05. The Hall–Kier alpha value is -0.120. The highest BCUT2D eigenvalue weighted by Crippen LogP contribution is 2.13. The number of hydrogen-bond acceptors (Lipinski definition) is 3. The highest BCUT2D eigenvalue weighted by molar-refractivity contribution is 4.73. The van der Waals surface area contributed by atoms with Crippen molar-refractivity contribution in [1.82, 2.24) is 5.32 Å². The average molecular weight is 130 g/mol. The van der Waals surface area contributed by atoms with Gasteiger partial charge in [-0.1, -0.05) is 6.92 Å². The van der Waals surface area contributed by atoms with Gasteiger partial charge in [-0.25, -0.2) is 9.78 Å². The molecule has 0 saturated carbocycles. The van der Waals surface area contributed by atoms with Gasteiger partial charge >= 0.3 is 0 Å². The summed E-state index contributed by atoms with van der Waals surface area (Å²) in [6.07, 6.45) is 2.90. The van der Waals surface area contributed by atoms with E-state index in [1.54, 1.807) is 0 Å². The fourth-order valence-electron chi connectivity index (χ4n) is 0.761. The molecule has 1 rings (SSSR count). The van der Waals surface area contributed by atoms with Crippen LogP contribution >= 0.6 is 0 Å². The fraction of sp³-hybridized carbons (Fsp3) is 0.833. The van der Waals surface area contributed by atoms with E-state index >= 15 is 0 Å². The molecule has 0 atom stereocenters. The second-order valence-corrected chi connectivity index (χ2v) is 1.96. The lowest BCUT2D eigenvalue weighted by molar-refractivity contribution is -0.311. The SMILES string of the molecule is CCN[C]1CCCOO1. The van der Waals surface area contributed by atoms with Crippen molar-refractivity contribution in [3.05, 3.63) is 6.23 Å². The Labute approximate surface area is 55.3 Å².